The minimum atomic E-state index is -0.181. The summed E-state index contributed by atoms with van der Waals surface area (Å²) < 4.78 is 1.57. The molecule has 0 spiro atoms. The standard InChI is InChI=1S/C22H23N7O2/c1-23-21(30)17-5-4-16(13-24-17)28-9-7-27(8-10-28)14-15-11-18-20(25-12-15)19-3-2-6-29(19)22(31)26-18/h2-6,11-13H,7-10,14H2,1H3,(H,23,30)(H,26,31). The summed E-state index contributed by atoms with van der Waals surface area (Å²) in [6.07, 6.45) is 5.39. The fourth-order valence-corrected chi connectivity index (χ4v) is 4.08. The highest BCUT2D eigenvalue weighted by atomic mass is 16.2. The largest absolute Gasteiger partial charge is 0.368 e. The minimum Gasteiger partial charge on any atom is -0.368 e. The number of H-pyrrole nitrogens is 1. The molecule has 1 fully saturated rings. The van der Waals surface area contributed by atoms with E-state index in [-0.39, 0.29) is 11.6 Å². The predicted molar refractivity (Wildman–Crippen MR) is 118 cm³/mol. The van der Waals surface area contributed by atoms with Crippen molar-refractivity contribution >= 4 is 28.1 Å². The van der Waals surface area contributed by atoms with E-state index in [4.69, 9.17) is 0 Å². The molecule has 5 heterocycles. The van der Waals surface area contributed by atoms with Crippen LogP contribution in [-0.2, 0) is 6.54 Å². The second-order valence-corrected chi connectivity index (χ2v) is 7.68. The first kappa shape index (κ1) is 19.3. The summed E-state index contributed by atoms with van der Waals surface area (Å²) in [5.74, 6) is -0.181. The molecule has 0 atom stereocenters. The third kappa shape index (κ3) is 3.64. The second kappa shape index (κ2) is 7.84. The van der Waals surface area contributed by atoms with Crippen LogP contribution in [-0.4, -0.2) is 63.4 Å². The monoisotopic (exact) mass is 417 g/mol. The highest BCUT2D eigenvalue weighted by molar-refractivity contribution is 5.92. The molecule has 4 aromatic rings. The number of hydrogen-bond donors (Lipinski definition) is 2. The van der Waals surface area contributed by atoms with Crippen LogP contribution < -0.4 is 15.9 Å². The molecular formula is C22H23N7O2. The van der Waals surface area contributed by atoms with Crippen LogP contribution in [0.1, 0.15) is 16.1 Å². The van der Waals surface area contributed by atoms with Gasteiger partial charge in [-0.1, -0.05) is 0 Å². The van der Waals surface area contributed by atoms with Gasteiger partial charge in [0.25, 0.3) is 5.91 Å². The average Bonchev–Trinajstić information content (AvgIpc) is 3.30. The number of aromatic nitrogens is 4. The van der Waals surface area contributed by atoms with Crippen LogP contribution in [0.2, 0.25) is 0 Å². The highest BCUT2D eigenvalue weighted by Crippen LogP contribution is 2.19. The van der Waals surface area contributed by atoms with Crippen LogP contribution in [0.15, 0.2) is 53.7 Å². The number of aromatic amines is 1. The van der Waals surface area contributed by atoms with E-state index >= 15 is 0 Å². The molecule has 0 aromatic carbocycles. The maximum Gasteiger partial charge on any atom is 0.330 e. The van der Waals surface area contributed by atoms with Gasteiger partial charge in [0.05, 0.1) is 22.9 Å². The maximum absolute atomic E-state index is 12.2. The first-order valence-corrected chi connectivity index (χ1v) is 10.3. The molecular weight excluding hydrogens is 394 g/mol. The molecule has 0 saturated carbocycles. The average molecular weight is 417 g/mol. The topological polar surface area (TPSA) is 98.6 Å². The summed E-state index contributed by atoms with van der Waals surface area (Å²) in [4.78, 5) is 40.3. The third-order valence-corrected chi connectivity index (χ3v) is 5.75. The van der Waals surface area contributed by atoms with Gasteiger partial charge in [0.1, 0.15) is 11.2 Å². The van der Waals surface area contributed by atoms with E-state index < -0.39 is 0 Å². The molecule has 0 radical (unpaired) electrons. The van der Waals surface area contributed by atoms with Crippen molar-refractivity contribution in [3.05, 3.63) is 70.7 Å². The van der Waals surface area contributed by atoms with Crippen LogP contribution >= 0.6 is 0 Å². The number of fused-ring (bicyclic) bond motifs is 3. The van der Waals surface area contributed by atoms with E-state index in [1.54, 1.807) is 29.9 Å². The Balaban J connectivity index is 1.26. The number of nitrogens with zero attached hydrogens (tertiary/aromatic N) is 5. The van der Waals surface area contributed by atoms with Crippen molar-refractivity contribution in [2.24, 2.45) is 0 Å². The molecule has 4 aromatic heterocycles. The smallest absolute Gasteiger partial charge is 0.330 e. The zero-order chi connectivity index (χ0) is 21.4. The molecule has 1 aliphatic heterocycles. The molecule has 1 aliphatic rings. The fourth-order valence-electron chi connectivity index (χ4n) is 4.08. The fraction of sp³-hybridized carbons (Fsp3) is 0.273. The Morgan fingerprint density at radius 2 is 1.97 bits per heavy atom. The molecule has 9 nitrogen and oxygen atoms in total. The number of carbonyl (C=O) groups is 1. The number of piperazine rings is 1. The number of hydrogen-bond acceptors (Lipinski definition) is 6. The van der Waals surface area contributed by atoms with E-state index in [1.165, 1.54) is 0 Å². The number of nitrogens with one attached hydrogen (secondary N) is 2. The van der Waals surface area contributed by atoms with E-state index in [1.807, 2.05) is 30.5 Å². The number of pyridine rings is 2. The van der Waals surface area contributed by atoms with Gasteiger partial charge >= 0.3 is 5.69 Å². The predicted octanol–water partition coefficient (Wildman–Crippen LogP) is 1.25. The lowest BCUT2D eigenvalue weighted by Crippen LogP contribution is -2.46. The first-order valence-electron chi connectivity index (χ1n) is 10.3. The second-order valence-electron chi connectivity index (χ2n) is 7.68. The Labute approximate surface area is 178 Å². The molecule has 31 heavy (non-hydrogen) atoms. The van der Waals surface area contributed by atoms with Crippen molar-refractivity contribution in [1.29, 1.82) is 0 Å². The van der Waals surface area contributed by atoms with Gasteiger partial charge in [-0.2, -0.15) is 0 Å². The molecule has 2 N–H and O–H groups in total. The maximum atomic E-state index is 12.2. The molecule has 0 unspecified atom stereocenters. The quantitative estimate of drug-likeness (QED) is 0.519. The van der Waals surface area contributed by atoms with E-state index in [0.29, 0.717) is 5.69 Å². The SMILES string of the molecule is CNC(=O)c1ccc(N2CCN(Cc3cnc4c(c3)[nH]c(=O)n3cccc43)CC2)cn1. The summed E-state index contributed by atoms with van der Waals surface area (Å²) in [6.45, 7) is 4.35. The van der Waals surface area contributed by atoms with E-state index in [2.05, 4.69) is 30.1 Å². The first-order chi connectivity index (χ1) is 15.1. The van der Waals surface area contributed by atoms with Crippen molar-refractivity contribution < 1.29 is 4.79 Å². The lowest BCUT2D eigenvalue weighted by Gasteiger charge is -2.36. The van der Waals surface area contributed by atoms with Crippen LogP contribution in [0.25, 0.3) is 16.6 Å². The zero-order valence-electron chi connectivity index (χ0n) is 17.2. The number of anilines is 1. The lowest BCUT2D eigenvalue weighted by molar-refractivity contribution is 0.0958. The lowest BCUT2D eigenvalue weighted by atomic mass is 10.2. The number of amides is 1. The molecule has 1 saturated heterocycles. The summed E-state index contributed by atoms with van der Waals surface area (Å²) >= 11 is 0. The Hall–Kier alpha value is -3.72. The van der Waals surface area contributed by atoms with Crippen LogP contribution in [0.3, 0.4) is 0 Å². The van der Waals surface area contributed by atoms with Gasteiger partial charge in [-0.25, -0.2) is 9.78 Å². The summed E-state index contributed by atoms with van der Waals surface area (Å²) in [7, 11) is 1.60. The van der Waals surface area contributed by atoms with Gasteiger partial charge in [-0.3, -0.25) is 19.1 Å². The van der Waals surface area contributed by atoms with E-state index in [9.17, 15) is 9.59 Å². The third-order valence-electron chi connectivity index (χ3n) is 5.75. The van der Waals surface area contributed by atoms with Crippen LogP contribution in [0, 0.1) is 0 Å². The van der Waals surface area contributed by atoms with Crippen LogP contribution in [0.5, 0.6) is 0 Å². The van der Waals surface area contributed by atoms with Gasteiger partial charge in [0, 0.05) is 52.2 Å². The molecule has 9 heteroatoms. The summed E-state index contributed by atoms with van der Waals surface area (Å²) in [5.41, 5.74) is 4.73. The van der Waals surface area contributed by atoms with Gasteiger partial charge in [0.2, 0.25) is 0 Å². The molecule has 5 rings (SSSR count). The van der Waals surface area contributed by atoms with Crippen molar-refractivity contribution in [1.82, 2.24) is 29.6 Å². The zero-order valence-corrected chi connectivity index (χ0v) is 17.2. The number of rotatable bonds is 4. The van der Waals surface area contributed by atoms with Gasteiger partial charge in [-0.05, 0) is 35.9 Å². The minimum absolute atomic E-state index is 0.156. The van der Waals surface area contributed by atoms with Gasteiger partial charge in [0.15, 0.2) is 0 Å². The van der Waals surface area contributed by atoms with Crippen LogP contribution in [0.4, 0.5) is 5.69 Å². The van der Waals surface area contributed by atoms with Crippen molar-refractivity contribution in [3.63, 3.8) is 0 Å². The molecule has 158 valence electrons. The Morgan fingerprint density at radius 3 is 2.71 bits per heavy atom. The Bertz CT molecular complexity index is 1300. The molecule has 0 bridgehead atoms. The van der Waals surface area contributed by atoms with Crippen molar-refractivity contribution in [3.8, 4) is 0 Å². The van der Waals surface area contributed by atoms with Crippen molar-refractivity contribution in [2.75, 3.05) is 38.1 Å². The molecule has 0 aliphatic carbocycles. The summed E-state index contributed by atoms with van der Waals surface area (Å²) in [5, 5.41) is 2.58. The summed E-state index contributed by atoms with van der Waals surface area (Å²) in [6, 6.07) is 9.47. The molecule has 1 amide bonds. The van der Waals surface area contributed by atoms with Crippen molar-refractivity contribution in [2.45, 2.75) is 6.54 Å². The van der Waals surface area contributed by atoms with E-state index in [0.717, 1.165) is 60.5 Å². The highest BCUT2D eigenvalue weighted by Gasteiger charge is 2.18. The van der Waals surface area contributed by atoms with Gasteiger partial charge < -0.3 is 15.2 Å². The number of carbonyl (C=O) groups excluding carboxylic acids is 1. The normalized spacial score (nSPS) is 14.9. The Kier molecular flexibility index (Phi) is 4.87. The Morgan fingerprint density at radius 1 is 1.13 bits per heavy atom. The van der Waals surface area contributed by atoms with Gasteiger partial charge in [-0.15, -0.1) is 0 Å².